The van der Waals surface area contributed by atoms with E-state index in [0.717, 1.165) is 67.1 Å². The normalized spacial score (nSPS) is 15.5. The maximum absolute atomic E-state index is 14.9. The summed E-state index contributed by atoms with van der Waals surface area (Å²) in [6, 6.07) is 12.6. The van der Waals surface area contributed by atoms with Crippen molar-refractivity contribution < 1.29 is 9.13 Å². The average Bonchev–Trinajstić information content (AvgIpc) is 3.34. The van der Waals surface area contributed by atoms with Gasteiger partial charge in [0, 0.05) is 48.5 Å². The van der Waals surface area contributed by atoms with E-state index in [1.54, 1.807) is 12.3 Å². The van der Waals surface area contributed by atoms with E-state index >= 15 is 0 Å². The summed E-state index contributed by atoms with van der Waals surface area (Å²) in [5.74, 6) is -0.266. The number of nitrogens with zero attached hydrogens (tertiary/aromatic N) is 4. The molecule has 1 saturated heterocycles. The van der Waals surface area contributed by atoms with Crippen LogP contribution in [0.5, 0.6) is 0 Å². The number of hydrogen-bond acceptors (Lipinski definition) is 5. The molecule has 1 N–H and O–H groups in total. The fourth-order valence-corrected chi connectivity index (χ4v) is 4.52. The van der Waals surface area contributed by atoms with Crippen LogP contribution in [0.15, 0.2) is 61.1 Å². The maximum Gasteiger partial charge on any atom is 0.128 e. The van der Waals surface area contributed by atoms with Gasteiger partial charge in [-0.15, -0.1) is 0 Å². The third-order valence-electron chi connectivity index (χ3n) is 6.27. The van der Waals surface area contributed by atoms with Crippen molar-refractivity contribution in [3.8, 4) is 11.1 Å². The minimum Gasteiger partial charge on any atom is -0.379 e. The molecule has 0 unspecified atom stereocenters. The Balaban J connectivity index is 1.34. The Labute approximate surface area is 203 Å². The first-order valence-electron chi connectivity index (χ1n) is 11.5. The number of halogens is 2. The molecule has 2 aromatic heterocycles. The number of para-hydroxylation sites is 1. The van der Waals surface area contributed by atoms with Crippen LogP contribution in [0.4, 0.5) is 10.1 Å². The van der Waals surface area contributed by atoms with Crippen molar-refractivity contribution in [3.63, 3.8) is 0 Å². The molecule has 1 aliphatic rings. The molecule has 1 aliphatic heterocycles. The lowest BCUT2D eigenvalue weighted by molar-refractivity contribution is 0.0360. The number of benzene rings is 2. The predicted molar refractivity (Wildman–Crippen MR) is 134 cm³/mol. The molecule has 0 bridgehead atoms. The van der Waals surface area contributed by atoms with Crippen molar-refractivity contribution in [2.24, 2.45) is 0 Å². The van der Waals surface area contributed by atoms with Gasteiger partial charge in [0.2, 0.25) is 0 Å². The number of morpholine rings is 1. The second-order valence-corrected chi connectivity index (χ2v) is 8.95. The van der Waals surface area contributed by atoms with Crippen LogP contribution in [0.25, 0.3) is 22.0 Å². The molecule has 176 valence electrons. The van der Waals surface area contributed by atoms with E-state index in [4.69, 9.17) is 16.3 Å². The lowest BCUT2D eigenvalue weighted by Crippen LogP contribution is -2.38. The number of ether oxygens (including phenoxy) is 1. The van der Waals surface area contributed by atoms with Crippen molar-refractivity contribution in [2.75, 3.05) is 38.2 Å². The Hall–Kier alpha value is -3.00. The Morgan fingerprint density at radius 1 is 1.09 bits per heavy atom. The maximum atomic E-state index is 14.9. The molecule has 0 spiro atoms. The molecule has 0 radical (unpaired) electrons. The molecule has 0 amide bonds. The van der Waals surface area contributed by atoms with E-state index in [1.165, 1.54) is 6.07 Å². The number of pyridine rings is 1. The van der Waals surface area contributed by atoms with Gasteiger partial charge >= 0.3 is 0 Å². The molecule has 2 aromatic carbocycles. The van der Waals surface area contributed by atoms with E-state index in [2.05, 4.69) is 20.3 Å². The molecule has 34 heavy (non-hydrogen) atoms. The molecule has 1 atom stereocenters. The van der Waals surface area contributed by atoms with Crippen LogP contribution in [0.1, 0.15) is 18.5 Å². The van der Waals surface area contributed by atoms with Gasteiger partial charge in [-0.3, -0.25) is 14.6 Å². The van der Waals surface area contributed by atoms with E-state index in [1.807, 2.05) is 54.3 Å². The third kappa shape index (κ3) is 4.92. The number of rotatable bonds is 7. The van der Waals surface area contributed by atoms with E-state index in [0.29, 0.717) is 10.6 Å². The summed E-state index contributed by atoms with van der Waals surface area (Å²) < 4.78 is 22.2. The molecule has 6 nitrogen and oxygen atoms in total. The predicted octanol–water partition coefficient (Wildman–Crippen LogP) is 5.40. The van der Waals surface area contributed by atoms with E-state index in [9.17, 15) is 4.39 Å². The van der Waals surface area contributed by atoms with Crippen LogP contribution >= 0.6 is 11.6 Å². The van der Waals surface area contributed by atoms with Crippen molar-refractivity contribution in [1.82, 2.24) is 19.7 Å². The van der Waals surface area contributed by atoms with Gasteiger partial charge in [-0.2, -0.15) is 5.10 Å². The van der Waals surface area contributed by atoms with Crippen molar-refractivity contribution >= 4 is 28.2 Å². The Morgan fingerprint density at radius 2 is 1.91 bits per heavy atom. The van der Waals surface area contributed by atoms with E-state index < -0.39 is 0 Å². The number of aromatic nitrogens is 3. The van der Waals surface area contributed by atoms with Gasteiger partial charge in [0.05, 0.1) is 48.2 Å². The summed E-state index contributed by atoms with van der Waals surface area (Å²) >= 11 is 6.45. The minimum absolute atomic E-state index is 0.266. The SMILES string of the molecule is C[C@@H](Nc1c(Cl)cnc2ccccc12)c1cc(-c2cnn(CCN3CCOCC3)c2)ccc1F. The Kier molecular flexibility index (Phi) is 6.76. The smallest absolute Gasteiger partial charge is 0.128 e. The number of fused-ring (bicyclic) bond motifs is 1. The average molecular weight is 480 g/mol. The highest BCUT2D eigenvalue weighted by atomic mass is 35.5. The number of anilines is 1. The molecule has 4 aromatic rings. The standard InChI is InChI=1S/C26H27ClFN5O/c1-18(31-26-21-4-2-3-5-25(21)29-16-23(26)27)22-14-19(6-7-24(22)28)20-15-30-33(17-20)9-8-32-10-12-34-13-11-32/h2-7,14-18H,8-13H2,1H3,(H,29,31)/t18-/m1/s1. The Morgan fingerprint density at radius 3 is 2.76 bits per heavy atom. The van der Waals surface area contributed by atoms with Crippen molar-refractivity contribution in [2.45, 2.75) is 19.5 Å². The van der Waals surface area contributed by atoms with Crippen LogP contribution in [0.2, 0.25) is 5.02 Å². The monoisotopic (exact) mass is 479 g/mol. The van der Waals surface area contributed by atoms with Crippen molar-refractivity contribution in [1.29, 1.82) is 0 Å². The minimum atomic E-state index is -0.306. The first-order chi connectivity index (χ1) is 16.6. The summed E-state index contributed by atoms with van der Waals surface area (Å²) in [5.41, 5.74) is 4.03. The summed E-state index contributed by atoms with van der Waals surface area (Å²) in [6.45, 7) is 7.15. The summed E-state index contributed by atoms with van der Waals surface area (Å²) in [4.78, 5) is 6.75. The molecular formula is C26H27ClFN5O. The molecule has 3 heterocycles. The van der Waals surface area contributed by atoms with Gasteiger partial charge in [-0.25, -0.2) is 4.39 Å². The highest BCUT2D eigenvalue weighted by molar-refractivity contribution is 6.34. The second kappa shape index (κ2) is 10.1. The molecular weight excluding hydrogens is 453 g/mol. The van der Waals surface area contributed by atoms with E-state index in [-0.39, 0.29) is 11.9 Å². The van der Waals surface area contributed by atoms with Crippen LogP contribution in [-0.2, 0) is 11.3 Å². The zero-order valence-corrected chi connectivity index (χ0v) is 19.8. The van der Waals surface area contributed by atoms with Crippen molar-refractivity contribution in [3.05, 3.63) is 77.5 Å². The lowest BCUT2D eigenvalue weighted by atomic mass is 10.0. The van der Waals surface area contributed by atoms with Gasteiger partial charge in [-0.05, 0) is 30.7 Å². The summed E-state index contributed by atoms with van der Waals surface area (Å²) in [7, 11) is 0. The molecule has 8 heteroatoms. The summed E-state index contributed by atoms with van der Waals surface area (Å²) in [5, 5.41) is 9.32. The Bertz CT molecular complexity index is 1290. The first kappa shape index (κ1) is 22.8. The number of hydrogen-bond donors (Lipinski definition) is 1. The van der Waals surface area contributed by atoms with Gasteiger partial charge in [0.1, 0.15) is 5.82 Å². The molecule has 0 saturated carbocycles. The first-order valence-corrected chi connectivity index (χ1v) is 11.9. The highest BCUT2D eigenvalue weighted by Crippen LogP contribution is 2.34. The highest BCUT2D eigenvalue weighted by Gasteiger charge is 2.17. The van der Waals surface area contributed by atoms with Gasteiger partial charge < -0.3 is 10.1 Å². The zero-order chi connectivity index (χ0) is 23.5. The van der Waals surface area contributed by atoms with Crippen LogP contribution in [0, 0.1) is 5.82 Å². The zero-order valence-electron chi connectivity index (χ0n) is 19.0. The van der Waals surface area contributed by atoms with Crippen LogP contribution in [0.3, 0.4) is 0 Å². The molecule has 5 rings (SSSR count). The molecule has 0 aliphatic carbocycles. The van der Waals surface area contributed by atoms with Gasteiger partial charge in [0.15, 0.2) is 0 Å². The third-order valence-corrected chi connectivity index (χ3v) is 6.55. The lowest BCUT2D eigenvalue weighted by Gasteiger charge is -2.26. The second-order valence-electron chi connectivity index (χ2n) is 8.55. The number of nitrogens with one attached hydrogen (secondary N) is 1. The molecule has 1 fully saturated rings. The fraction of sp³-hybridized carbons (Fsp3) is 0.308. The van der Waals surface area contributed by atoms with Crippen LogP contribution in [-0.4, -0.2) is 52.5 Å². The topological polar surface area (TPSA) is 55.2 Å². The quantitative estimate of drug-likeness (QED) is 0.385. The largest absolute Gasteiger partial charge is 0.379 e. The van der Waals surface area contributed by atoms with Crippen LogP contribution < -0.4 is 5.32 Å². The summed E-state index contributed by atoms with van der Waals surface area (Å²) in [6.07, 6.45) is 5.47. The van der Waals surface area contributed by atoms with Gasteiger partial charge in [0.25, 0.3) is 0 Å². The fourth-order valence-electron chi connectivity index (χ4n) is 4.32. The van der Waals surface area contributed by atoms with Gasteiger partial charge in [-0.1, -0.05) is 35.9 Å².